The molecule has 5 atom stereocenters. The molecule has 360 valence electrons. The summed E-state index contributed by atoms with van der Waals surface area (Å²) in [6.45, 7) is 1.77. The lowest BCUT2D eigenvalue weighted by molar-refractivity contribution is -0.134. The van der Waals surface area contributed by atoms with E-state index in [4.69, 9.17) is 19.4 Å². The van der Waals surface area contributed by atoms with E-state index in [-0.39, 0.29) is 29.4 Å². The quantitative estimate of drug-likeness (QED) is 0.0788. The van der Waals surface area contributed by atoms with Crippen LogP contribution in [0.15, 0.2) is 135 Å². The van der Waals surface area contributed by atoms with Gasteiger partial charge in [-0.15, -0.1) is 0 Å². The fourth-order valence-corrected chi connectivity index (χ4v) is 10.6. The number of nitrogens with one attached hydrogen (secondary N) is 4. The van der Waals surface area contributed by atoms with Crippen molar-refractivity contribution in [3.8, 4) is 45.1 Å². The smallest absolute Gasteiger partial charge is 0.270 e. The summed E-state index contributed by atoms with van der Waals surface area (Å²) < 4.78 is 13.0. The first-order valence-corrected chi connectivity index (χ1v) is 24.0. The van der Waals surface area contributed by atoms with Crippen molar-refractivity contribution in [1.29, 1.82) is 0 Å². The summed E-state index contributed by atoms with van der Waals surface area (Å²) in [7, 11) is 0. The second kappa shape index (κ2) is 19.0. The van der Waals surface area contributed by atoms with E-state index >= 15 is 0 Å². The zero-order chi connectivity index (χ0) is 48.7. The Morgan fingerprint density at radius 1 is 0.639 bits per heavy atom. The van der Waals surface area contributed by atoms with E-state index in [2.05, 4.69) is 52.7 Å². The largest absolute Gasteiger partial charge is 0.488 e. The van der Waals surface area contributed by atoms with Gasteiger partial charge in [0.1, 0.15) is 72.7 Å². The number of aliphatic hydroxyl groups excluding tert-OH is 1. The van der Waals surface area contributed by atoms with Crippen molar-refractivity contribution in [2.24, 2.45) is 0 Å². The van der Waals surface area contributed by atoms with Gasteiger partial charge >= 0.3 is 0 Å². The van der Waals surface area contributed by atoms with Crippen molar-refractivity contribution < 1.29 is 29.0 Å². The number of carbonyl (C=O) groups excluding carboxylic acids is 3. The molecule has 72 heavy (non-hydrogen) atoms. The van der Waals surface area contributed by atoms with Gasteiger partial charge in [-0.1, -0.05) is 60.7 Å². The molecule has 2 fully saturated rings. The zero-order valence-corrected chi connectivity index (χ0v) is 38.8. The number of hydrogen-bond acceptors (Lipinski definition) is 13. The van der Waals surface area contributed by atoms with Gasteiger partial charge in [0, 0.05) is 58.9 Å². The number of aromatic nitrogens is 8. The SMILES string of the molecule is O=C(NC(c1ccccc1)C(O)N1CCC[C@H]1c1ncc(-c2cc3c4c(c2)OCc2cc(-c5cnc([C@@H]6CCCN6C(=O)[C@H](NC(=O)c6ccncn6)c6ccccc6)[nH]5)cc(c2-4)OC3)[nH]1)c1ccncn1. The maximum Gasteiger partial charge on any atom is 0.270 e. The van der Waals surface area contributed by atoms with Gasteiger partial charge in [0.05, 0.1) is 41.9 Å². The Morgan fingerprint density at radius 3 is 1.76 bits per heavy atom. The normalized spacial score (nSPS) is 18.0. The van der Waals surface area contributed by atoms with Gasteiger partial charge in [0.2, 0.25) is 5.91 Å². The summed E-state index contributed by atoms with van der Waals surface area (Å²) >= 11 is 0. The highest BCUT2D eigenvalue weighted by atomic mass is 16.5. The highest BCUT2D eigenvalue weighted by Crippen LogP contribution is 2.51. The van der Waals surface area contributed by atoms with E-state index in [0.29, 0.717) is 49.9 Å². The highest BCUT2D eigenvalue weighted by Gasteiger charge is 2.40. The fraction of sp³-hybridized carbons (Fsp3) is 0.241. The molecule has 0 aliphatic carbocycles. The molecule has 8 aromatic rings. The predicted octanol–water partition coefficient (Wildman–Crippen LogP) is 6.96. The Bertz CT molecular complexity index is 3250. The maximum absolute atomic E-state index is 14.4. The van der Waals surface area contributed by atoms with E-state index in [1.807, 2.05) is 83.9 Å². The van der Waals surface area contributed by atoms with Crippen molar-refractivity contribution >= 4 is 17.7 Å². The molecule has 4 aliphatic heterocycles. The number of carbonyl (C=O) groups is 3. The van der Waals surface area contributed by atoms with Crippen molar-refractivity contribution in [3.05, 3.63) is 180 Å². The van der Waals surface area contributed by atoms with Crippen LogP contribution in [0.25, 0.3) is 33.6 Å². The van der Waals surface area contributed by atoms with Crippen LogP contribution in [0.5, 0.6) is 11.5 Å². The van der Waals surface area contributed by atoms with Crippen LogP contribution in [-0.2, 0) is 18.0 Å². The molecule has 3 amide bonds. The van der Waals surface area contributed by atoms with E-state index in [0.717, 1.165) is 81.1 Å². The number of H-pyrrole nitrogens is 2. The predicted molar refractivity (Wildman–Crippen MR) is 261 cm³/mol. The first kappa shape index (κ1) is 44.6. The molecule has 2 saturated heterocycles. The minimum atomic E-state index is -1.06. The van der Waals surface area contributed by atoms with Crippen LogP contribution in [-0.4, -0.2) is 91.8 Å². The number of aliphatic hydroxyl groups is 1. The Hall–Kier alpha value is -8.61. The molecule has 4 aliphatic rings. The summed E-state index contributed by atoms with van der Waals surface area (Å²) in [4.78, 5) is 77.6. The van der Waals surface area contributed by atoms with Crippen molar-refractivity contribution in [2.75, 3.05) is 13.1 Å². The van der Waals surface area contributed by atoms with E-state index in [1.54, 1.807) is 17.2 Å². The van der Waals surface area contributed by atoms with Crippen LogP contribution in [0.4, 0.5) is 0 Å². The van der Waals surface area contributed by atoms with Crippen LogP contribution < -0.4 is 20.1 Å². The van der Waals surface area contributed by atoms with Gasteiger partial charge in [0.25, 0.3) is 11.8 Å². The van der Waals surface area contributed by atoms with Gasteiger partial charge < -0.3 is 40.1 Å². The number of amides is 3. The highest BCUT2D eigenvalue weighted by molar-refractivity contribution is 5.96. The van der Waals surface area contributed by atoms with Crippen LogP contribution in [0.3, 0.4) is 0 Å². The number of aromatic amines is 2. The molecule has 18 heteroatoms. The summed E-state index contributed by atoms with van der Waals surface area (Å²) in [5.41, 5.74) is 9.13. The fourth-order valence-electron chi connectivity index (χ4n) is 10.6. The van der Waals surface area contributed by atoms with Gasteiger partial charge in [-0.3, -0.25) is 19.3 Å². The minimum Gasteiger partial charge on any atom is -0.488 e. The number of imidazole rings is 2. The van der Waals surface area contributed by atoms with Crippen molar-refractivity contribution in [3.63, 3.8) is 0 Å². The maximum atomic E-state index is 14.4. The molecule has 4 aromatic carbocycles. The lowest BCUT2D eigenvalue weighted by atomic mass is 9.87. The Balaban J connectivity index is 0.769. The van der Waals surface area contributed by atoms with Gasteiger partial charge in [0.15, 0.2) is 0 Å². The summed E-state index contributed by atoms with van der Waals surface area (Å²) in [6.07, 6.45) is 11.3. The molecular formula is C54H48N12O6. The number of likely N-dealkylation sites (tertiary alicyclic amines) is 2. The third-order valence-electron chi connectivity index (χ3n) is 14.0. The average molecular weight is 961 g/mol. The molecule has 18 nitrogen and oxygen atoms in total. The molecule has 5 N–H and O–H groups in total. The van der Waals surface area contributed by atoms with Crippen molar-refractivity contribution in [2.45, 2.75) is 69.3 Å². The average Bonchev–Trinajstić information content (AvgIpc) is 4.30. The number of rotatable bonds is 13. The zero-order valence-electron chi connectivity index (χ0n) is 38.8. The van der Waals surface area contributed by atoms with Crippen LogP contribution in [0.1, 0.15) is 105 Å². The molecule has 0 spiro atoms. The summed E-state index contributed by atoms with van der Waals surface area (Å²) in [5, 5.41) is 18.0. The monoisotopic (exact) mass is 960 g/mol. The van der Waals surface area contributed by atoms with Crippen LogP contribution >= 0.6 is 0 Å². The standard InChI is InChI=1S/C54H48N12O6/c67-51(37-15-17-55-29-59-37)63-47(31-9-3-1-4-10-31)53(69)65-19-7-13-41(65)49-57-25-39(61-49)33-21-35-27-72-44-24-34(22-36-28-71-43(23-33)45(35)46(36)44)40-26-58-50(62-40)42-14-8-20-66(42)54(70)48(32-11-5-2-6-12-32)64-52(68)38-16-18-56-30-60-38/h1-6,9-12,15-18,21-26,29-30,41-42,47-48,53,69H,7-8,13-14,19-20,27-28H2,(H,57,61)(H,58,62)(H,63,67)(H,64,68)/t41-,42-,47?,48+,53?/m0/s1. The van der Waals surface area contributed by atoms with E-state index in [1.165, 1.54) is 31.1 Å². The Kier molecular flexibility index (Phi) is 11.7. The van der Waals surface area contributed by atoms with Gasteiger partial charge in [-0.25, -0.2) is 29.9 Å². The van der Waals surface area contributed by atoms with Gasteiger partial charge in [-0.05, 0) is 73.2 Å². The second-order valence-corrected chi connectivity index (χ2v) is 18.3. The molecule has 0 radical (unpaired) electrons. The Labute approximate surface area is 413 Å². The van der Waals surface area contributed by atoms with E-state index in [9.17, 15) is 19.5 Å². The molecule has 4 aromatic heterocycles. The number of hydrogen-bond donors (Lipinski definition) is 5. The minimum absolute atomic E-state index is 0.171. The molecule has 2 unspecified atom stereocenters. The van der Waals surface area contributed by atoms with Gasteiger partial charge in [-0.2, -0.15) is 0 Å². The van der Waals surface area contributed by atoms with E-state index < -0.39 is 30.1 Å². The first-order chi connectivity index (χ1) is 35.3. The van der Waals surface area contributed by atoms with Crippen molar-refractivity contribution in [1.82, 2.24) is 60.3 Å². The first-order valence-electron chi connectivity index (χ1n) is 24.0. The third-order valence-corrected chi connectivity index (χ3v) is 14.0. The number of nitrogens with zero attached hydrogens (tertiary/aromatic N) is 8. The number of ether oxygens (including phenoxy) is 2. The molecule has 8 heterocycles. The van der Waals surface area contributed by atoms with Crippen LogP contribution in [0, 0.1) is 0 Å². The molecule has 0 bridgehead atoms. The summed E-state index contributed by atoms with van der Waals surface area (Å²) in [6, 6.07) is 27.8. The lowest BCUT2D eigenvalue weighted by Gasteiger charge is -2.34. The Morgan fingerprint density at radius 2 is 1.18 bits per heavy atom. The lowest BCUT2D eigenvalue weighted by Crippen LogP contribution is -2.46. The molecular weight excluding hydrogens is 913 g/mol. The second-order valence-electron chi connectivity index (χ2n) is 18.3. The summed E-state index contributed by atoms with van der Waals surface area (Å²) in [5.74, 6) is 1.77. The topological polar surface area (TPSA) is 229 Å². The molecule has 0 saturated carbocycles. The third kappa shape index (κ3) is 8.39. The number of benzene rings is 4. The van der Waals surface area contributed by atoms with Crippen LogP contribution in [0.2, 0.25) is 0 Å². The molecule has 12 rings (SSSR count).